The predicted molar refractivity (Wildman–Crippen MR) is 117 cm³/mol. The van der Waals surface area contributed by atoms with E-state index in [-0.39, 0.29) is 12.3 Å². The summed E-state index contributed by atoms with van der Waals surface area (Å²) in [7, 11) is 0. The number of rotatable bonds is 6. The van der Waals surface area contributed by atoms with Crippen molar-refractivity contribution in [1.29, 1.82) is 0 Å². The van der Waals surface area contributed by atoms with Gasteiger partial charge in [-0.05, 0) is 60.0 Å². The highest BCUT2D eigenvalue weighted by Gasteiger charge is 2.11. The van der Waals surface area contributed by atoms with Gasteiger partial charge in [0.2, 0.25) is 0 Å². The lowest BCUT2D eigenvalue weighted by molar-refractivity contribution is -0.384. The van der Waals surface area contributed by atoms with Crippen molar-refractivity contribution in [3.63, 3.8) is 0 Å². The third-order valence-corrected chi connectivity index (χ3v) is 4.87. The number of nitro benzene ring substituents is 1. The van der Waals surface area contributed by atoms with Crippen LogP contribution in [0.3, 0.4) is 0 Å². The standard InChI is InChI=1S/C21H15Cl3N2O3/c1-13-2-5-16(22)10-20(13)25-11-15-8-18(23)21(19(24)9-15)29-12-14-3-6-17(7-4-14)26(27)28/h2-11H,12H2,1H3. The molecule has 0 saturated carbocycles. The molecule has 5 nitrogen and oxygen atoms in total. The van der Waals surface area contributed by atoms with Gasteiger partial charge in [-0.1, -0.05) is 40.9 Å². The summed E-state index contributed by atoms with van der Waals surface area (Å²) in [6.07, 6.45) is 1.65. The van der Waals surface area contributed by atoms with E-state index in [4.69, 9.17) is 39.5 Å². The van der Waals surface area contributed by atoms with Gasteiger partial charge >= 0.3 is 0 Å². The van der Waals surface area contributed by atoms with Crippen LogP contribution in [-0.4, -0.2) is 11.1 Å². The largest absolute Gasteiger partial charge is 0.486 e. The molecular formula is C21H15Cl3N2O3. The zero-order chi connectivity index (χ0) is 21.0. The number of nitrogens with zero attached hydrogens (tertiary/aromatic N) is 2. The first-order valence-corrected chi connectivity index (χ1v) is 9.62. The molecule has 0 fully saturated rings. The van der Waals surface area contributed by atoms with Gasteiger partial charge in [0.05, 0.1) is 20.7 Å². The van der Waals surface area contributed by atoms with E-state index in [1.54, 1.807) is 42.6 Å². The summed E-state index contributed by atoms with van der Waals surface area (Å²) < 4.78 is 5.71. The molecule has 29 heavy (non-hydrogen) atoms. The van der Waals surface area contributed by atoms with E-state index in [1.165, 1.54) is 12.1 Å². The molecule has 0 atom stereocenters. The lowest BCUT2D eigenvalue weighted by atomic mass is 10.2. The van der Waals surface area contributed by atoms with Gasteiger partial charge in [-0.15, -0.1) is 0 Å². The number of aryl methyl sites for hydroxylation is 1. The molecule has 0 amide bonds. The van der Waals surface area contributed by atoms with Gasteiger partial charge in [0.1, 0.15) is 6.61 Å². The molecule has 8 heteroatoms. The second-order valence-electron chi connectivity index (χ2n) is 6.21. The monoisotopic (exact) mass is 448 g/mol. The van der Waals surface area contributed by atoms with Crippen LogP contribution < -0.4 is 4.74 Å². The Morgan fingerprint density at radius 1 is 1.03 bits per heavy atom. The first-order valence-electron chi connectivity index (χ1n) is 8.49. The zero-order valence-electron chi connectivity index (χ0n) is 15.2. The van der Waals surface area contributed by atoms with Gasteiger partial charge in [-0.3, -0.25) is 15.1 Å². The van der Waals surface area contributed by atoms with Crippen LogP contribution in [-0.2, 0) is 6.61 Å². The molecule has 0 heterocycles. The smallest absolute Gasteiger partial charge is 0.269 e. The fourth-order valence-electron chi connectivity index (χ4n) is 2.53. The highest BCUT2D eigenvalue weighted by molar-refractivity contribution is 6.37. The summed E-state index contributed by atoms with van der Waals surface area (Å²) in [5.41, 5.74) is 3.23. The van der Waals surface area contributed by atoms with Gasteiger partial charge in [0, 0.05) is 23.4 Å². The first-order chi connectivity index (χ1) is 13.8. The minimum atomic E-state index is -0.455. The molecule has 0 aliphatic rings. The number of hydrogen-bond donors (Lipinski definition) is 0. The number of benzene rings is 3. The normalized spacial score (nSPS) is 11.0. The Hall–Kier alpha value is -2.60. The Balaban J connectivity index is 1.74. The highest BCUT2D eigenvalue weighted by Crippen LogP contribution is 2.35. The van der Waals surface area contributed by atoms with Crippen molar-refractivity contribution in [3.8, 4) is 5.75 Å². The second kappa shape index (κ2) is 9.27. The van der Waals surface area contributed by atoms with E-state index in [1.807, 2.05) is 13.0 Å². The molecule has 0 radical (unpaired) electrons. The average Bonchev–Trinajstić information content (AvgIpc) is 2.68. The molecule has 0 saturated heterocycles. The van der Waals surface area contributed by atoms with E-state index < -0.39 is 4.92 Å². The van der Waals surface area contributed by atoms with E-state index in [2.05, 4.69) is 4.99 Å². The molecule has 0 spiro atoms. The van der Waals surface area contributed by atoms with Crippen molar-refractivity contribution < 1.29 is 9.66 Å². The maximum Gasteiger partial charge on any atom is 0.269 e. The molecule has 148 valence electrons. The van der Waals surface area contributed by atoms with E-state index >= 15 is 0 Å². The third kappa shape index (κ3) is 5.48. The van der Waals surface area contributed by atoms with Crippen LogP contribution in [0.2, 0.25) is 15.1 Å². The lowest BCUT2D eigenvalue weighted by Crippen LogP contribution is -1.98. The van der Waals surface area contributed by atoms with Crippen molar-refractivity contribution in [2.45, 2.75) is 13.5 Å². The summed E-state index contributed by atoms with van der Waals surface area (Å²) >= 11 is 18.7. The Labute approximate surface area is 182 Å². The first kappa shape index (κ1) is 21.1. The van der Waals surface area contributed by atoms with Crippen molar-refractivity contribution in [3.05, 3.63) is 96.5 Å². The van der Waals surface area contributed by atoms with E-state index in [0.717, 1.165) is 16.8 Å². The Morgan fingerprint density at radius 3 is 2.31 bits per heavy atom. The molecule has 0 aromatic heterocycles. The Kier molecular flexibility index (Phi) is 6.75. The van der Waals surface area contributed by atoms with Crippen LogP contribution in [0, 0.1) is 17.0 Å². The van der Waals surface area contributed by atoms with Gasteiger partial charge in [-0.25, -0.2) is 0 Å². The van der Waals surface area contributed by atoms with Crippen LogP contribution >= 0.6 is 34.8 Å². The van der Waals surface area contributed by atoms with Crippen molar-refractivity contribution in [2.75, 3.05) is 0 Å². The third-order valence-electron chi connectivity index (χ3n) is 4.07. The van der Waals surface area contributed by atoms with E-state index in [0.29, 0.717) is 26.4 Å². The molecule has 0 N–H and O–H groups in total. The van der Waals surface area contributed by atoms with Crippen LogP contribution in [0.15, 0.2) is 59.6 Å². The predicted octanol–water partition coefficient (Wildman–Crippen LogP) is 7.19. The fraction of sp³-hybridized carbons (Fsp3) is 0.0952. The van der Waals surface area contributed by atoms with Gasteiger partial charge in [-0.2, -0.15) is 0 Å². The molecular weight excluding hydrogens is 435 g/mol. The van der Waals surface area contributed by atoms with E-state index in [9.17, 15) is 10.1 Å². The molecule has 0 bridgehead atoms. The number of halogens is 3. The number of hydrogen-bond acceptors (Lipinski definition) is 4. The molecule has 3 aromatic carbocycles. The minimum absolute atomic E-state index is 0.0170. The highest BCUT2D eigenvalue weighted by atomic mass is 35.5. The lowest BCUT2D eigenvalue weighted by Gasteiger charge is -2.11. The van der Waals surface area contributed by atoms with Crippen LogP contribution in [0.1, 0.15) is 16.7 Å². The summed E-state index contributed by atoms with van der Waals surface area (Å²) in [5, 5.41) is 12.0. The van der Waals surface area contributed by atoms with Crippen LogP contribution in [0.4, 0.5) is 11.4 Å². The number of aliphatic imine (C=N–C) groups is 1. The van der Waals surface area contributed by atoms with Crippen molar-refractivity contribution >= 4 is 52.4 Å². The topological polar surface area (TPSA) is 64.7 Å². The minimum Gasteiger partial charge on any atom is -0.486 e. The van der Waals surface area contributed by atoms with Gasteiger partial charge < -0.3 is 4.74 Å². The molecule has 0 unspecified atom stereocenters. The summed E-state index contributed by atoms with van der Waals surface area (Å²) in [4.78, 5) is 14.7. The second-order valence-corrected chi connectivity index (χ2v) is 7.47. The maximum atomic E-state index is 10.7. The SMILES string of the molecule is Cc1ccc(Cl)cc1N=Cc1cc(Cl)c(OCc2ccc([N+](=O)[O-])cc2)c(Cl)c1. The maximum absolute atomic E-state index is 10.7. The molecule has 0 aliphatic carbocycles. The number of nitro groups is 1. The number of ether oxygens (including phenoxy) is 1. The fourth-order valence-corrected chi connectivity index (χ4v) is 3.31. The summed E-state index contributed by atoms with van der Waals surface area (Å²) in [6, 6.07) is 14.9. The molecule has 3 rings (SSSR count). The Bertz CT molecular complexity index is 1060. The van der Waals surface area contributed by atoms with Crippen LogP contribution in [0.25, 0.3) is 0 Å². The summed E-state index contributed by atoms with van der Waals surface area (Å²) in [6.45, 7) is 2.12. The number of non-ortho nitro benzene ring substituents is 1. The summed E-state index contributed by atoms with van der Waals surface area (Å²) in [5.74, 6) is 0.336. The Morgan fingerprint density at radius 2 is 1.69 bits per heavy atom. The average molecular weight is 450 g/mol. The quantitative estimate of drug-likeness (QED) is 0.227. The van der Waals surface area contributed by atoms with Crippen molar-refractivity contribution in [1.82, 2.24) is 0 Å². The van der Waals surface area contributed by atoms with Crippen LogP contribution in [0.5, 0.6) is 5.75 Å². The van der Waals surface area contributed by atoms with Gasteiger partial charge in [0.25, 0.3) is 5.69 Å². The van der Waals surface area contributed by atoms with Gasteiger partial charge in [0.15, 0.2) is 5.75 Å². The molecule has 0 aliphatic heterocycles. The molecule has 3 aromatic rings. The van der Waals surface area contributed by atoms with Crippen molar-refractivity contribution in [2.24, 2.45) is 4.99 Å². The zero-order valence-corrected chi connectivity index (χ0v) is 17.5.